The molecule has 0 spiro atoms. The van der Waals surface area contributed by atoms with E-state index in [1.165, 1.54) is 0 Å². The summed E-state index contributed by atoms with van der Waals surface area (Å²) in [4.78, 5) is 40.0. The summed E-state index contributed by atoms with van der Waals surface area (Å²) in [6, 6.07) is 0. The maximum Gasteiger partial charge on any atom is 0.490 e. The number of nitrogens with two attached hydrogens (primary N) is 1. The number of nitrogens with zero attached hydrogens (tertiary/aromatic N) is 4. The molecule has 2 unspecified atom stereocenters. The Morgan fingerprint density at radius 2 is 1.88 bits per heavy atom. The molecule has 1 fully saturated rings. The van der Waals surface area contributed by atoms with E-state index >= 15 is 0 Å². The molecule has 3 rings (SSSR count). The summed E-state index contributed by atoms with van der Waals surface area (Å²) in [5.74, 6) is -1.12. The van der Waals surface area contributed by atoms with Crippen molar-refractivity contribution in [1.82, 2.24) is 20.3 Å². The molecule has 9 N–H and O–H groups in total. The fourth-order valence-corrected chi connectivity index (χ4v) is 6.01. The summed E-state index contributed by atoms with van der Waals surface area (Å²) in [6.07, 6.45) is -4.11. The second kappa shape index (κ2) is 10.3. The van der Waals surface area contributed by atoms with Crippen molar-refractivity contribution in [2.45, 2.75) is 25.0 Å². The molecule has 6 atom stereocenters. The van der Waals surface area contributed by atoms with Gasteiger partial charge in [0.25, 0.3) is 0 Å². The number of nitrogens with one attached hydrogen (secondary N) is 1. The molecule has 2 aliphatic heterocycles. The normalized spacial score (nSPS) is 30.7. The highest BCUT2D eigenvalue weighted by molar-refractivity contribution is 7.66. The molecule has 1 aromatic rings. The number of phosphoric acid groups is 3. The highest BCUT2D eigenvalue weighted by Gasteiger charge is 2.48. The molecule has 3 heterocycles. The summed E-state index contributed by atoms with van der Waals surface area (Å²) >= 11 is 0. The molecule has 34 heavy (non-hydrogen) atoms. The van der Waals surface area contributed by atoms with E-state index in [1.807, 2.05) is 0 Å². The predicted octanol–water partition coefficient (Wildman–Crippen LogP) is -2.49. The average Bonchev–Trinajstić information content (AvgIpc) is 3.18. The third kappa shape index (κ3) is 6.87. The van der Waals surface area contributed by atoms with Crippen LogP contribution in [-0.2, 0) is 42.9 Å². The lowest BCUT2D eigenvalue weighted by atomic mass is 10.00. The number of rotatable bonds is 9. The van der Waals surface area contributed by atoms with Crippen LogP contribution in [0.2, 0.25) is 0 Å². The van der Waals surface area contributed by atoms with E-state index in [-0.39, 0.29) is 30.8 Å². The van der Waals surface area contributed by atoms with E-state index in [2.05, 4.69) is 33.8 Å². The summed E-state index contributed by atoms with van der Waals surface area (Å²) in [6.45, 7) is -1.55. The second-order valence-electron chi connectivity index (χ2n) is 6.76. The zero-order valence-electron chi connectivity index (χ0n) is 16.8. The van der Waals surface area contributed by atoms with E-state index in [4.69, 9.17) is 25.0 Å². The van der Waals surface area contributed by atoms with Crippen LogP contribution in [0.1, 0.15) is 11.9 Å². The molecule has 0 aromatic carbocycles. The van der Waals surface area contributed by atoms with Gasteiger partial charge < -0.3 is 50.3 Å². The third-order valence-electron chi connectivity index (χ3n) is 4.35. The first-order chi connectivity index (χ1) is 15.7. The monoisotopic (exact) mass is 554 g/mol. The lowest BCUT2D eigenvalue weighted by Crippen LogP contribution is -2.34. The highest BCUT2D eigenvalue weighted by atomic mass is 31.3. The number of fused-ring (bicyclic) bond motifs is 1. The van der Waals surface area contributed by atoms with E-state index < -0.39 is 61.0 Å². The van der Waals surface area contributed by atoms with Gasteiger partial charge in [0.05, 0.1) is 25.9 Å². The highest BCUT2D eigenvalue weighted by Crippen LogP contribution is 2.66. The number of ether oxygens (including phenoxy) is 2. The number of hydrogen-bond acceptors (Lipinski definition) is 15. The molecule has 0 radical (unpaired) electrons. The first-order valence-electron chi connectivity index (χ1n) is 9.04. The smallest absolute Gasteiger partial charge is 0.396 e. The lowest BCUT2D eigenvalue weighted by Gasteiger charge is -2.20. The molecule has 0 aliphatic carbocycles. The summed E-state index contributed by atoms with van der Waals surface area (Å²) in [5.41, 5.74) is 5.94. The van der Waals surface area contributed by atoms with E-state index in [0.29, 0.717) is 0 Å². The second-order valence-corrected chi connectivity index (χ2v) is 11.2. The van der Waals surface area contributed by atoms with Crippen molar-refractivity contribution in [3.8, 4) is 0 Å². The van der Waals surface area contributed by atoms with Gasteiger partial charge in [0.2, 0.25) is 0 Å². The molecule has 194 valence electrons. The van der Waals surface area contributed by atoms with Gasteiger partial charge >= 0.3 is 23.5 Å². The van der Waals surface area contributed by atoms with Crippen molar-refractivity contribution in [2.24, 2.45) is 16.6 Å². The third-order valence-corrected chi connectivity index (χ3v) is 8.15. The summed E-state index contributed by atoms with van der Waals surface area (Å²) in [7, 11) is -16.7. The van der Waals surface area contributed by atoms with Crippen LogP contribution in [0.3, 0.4) is 0 Å². The predicted molar refractivity (Wildman–Crippen MR) is 104 cm³/mol. The SMILES string of the molecule is N/C1=N/c2c(nnn2[C@@H]2O[C@H](COP(=O)(O)OP(=O)(O)OP(=O)(O)O)[C@@H](CO)[C@H]2O)COCN1. The zero-order valence-corrected chi connectivity index (χ0v) is 19.5. The zero-order chi connectivity index (χ0) is 25.3. The van der Waals surface area contributed by atoms with Crippen LogP contribution in [0.15, 0.2) is 4.99 Å². The van der Waals surface area contributed by atoms with Crippen molar-refractivity contribution in [3.63, 3.8) is 0 Å². The minimum Gasteiger partial charge on any atom is -0.396 e. The Morgan fingerprint density at radius 3 is 2.53 bits per heavy atom. The van der Waals surface area contributed by atoms with Gasteiger partial charge in [0.1, 0.15) is 18.5 Å². The Bertz CT molecular complexity index is 1060. The van der Waals surface area contributed by atoms with E-state index in [9.17, 15) is 33.7 Å². The van der Waals surface area contributed by atoms with Crippen LogP contribution >= 0.6 is 23.5 Å². The Balaban J connectivity index is 1.74. The van der Waals surface area contributed by atoms with Crippen LogP contribution in [0.5, 0.6) is 0 Å². The Labute approximate surface area is 189 Å². The lowest BCUT2D eigenvalue weighted by molar-refractivity contribution is -0.0568. The summed E-state index contributed by atoms with van der Waals surface area (Å²) < 4.78 is 57.7. The first kappa shape index (κ1) is 27.3. The number of aliphatic hydroxyl groups excluding tert-OH is 2. The van der Waals surface area contributed by atoms with Gasteiger partial charge in [-0.05, 0) is 0 Å². The molecular formula is C11H21N6O14P3. The largest absolute Gasteiger partial charge is 0.490 e. The molecule has 0 amide bonds. The molecular weight excluding hydrogens is 533 g/mol. The van der Waals surface area contributed by atoms with Crippen LogP contribution in [-0.4, -0.2) is 82.9 Å². The van der Waals surface area contributed by atoms with E-state index in [0.717, 1.165) is 4.68 Å². The standard InChI is InChI=1S/C11H21N6O14P3/c12-11-13-4-27-2-6-9(14-11)17(16-15-6)10-8(19)5(1-18)7(29-10)3-28-33(23,24)31-34(25,26)30-32(20,21)22/h5,7-8,10,18-19H,1-4H2,(H,23,24)(H,25,26)(H3,12,13,14)(H2,20,21,22)/t5-,7-,8-,10-/m1/s1. The van der Waals surface area contributed by atoms with Gasteiger partial charge in [-0.3, -0.25) is 4.52 Å². The summed E-state index contributed by atoms with van der Waals surface area (Å²) in [5, 5.41) is 30.6. The molecule has 2 aliphatic rings. The number of aliphatic hydroxyl groups is 2. The Kier molecular flexibility index (Phi) is 8.28. The van der Waals surface area contributed by atoms with Gasteiger partial charge in [-0.2, -0.15) is 18.3 Å². The van der Waals surface area contributed by atoms with Crippen LogP contribution in [0.25, 0.3) is 0 Å². The van der Waals surface area contributed by atoms with Gasteiger partial charge in [0, 0.05) is 5.92 Å². The first-order valence-corrected chi connectivity index (χ1v) is 13.6. The van der Waals surface area contributed by atoms with Crippen molar-refractivity contribution >= 4 is 35.2 Å². The van der Waals surface area contributed by atoms with Crippen LogP contribution in [0.4, 0.5) is 5.82 Å². The van der Waals surface area contributed by atoms with Gasteiger partial charge in [-0.1, -0.05) is 5.21 Å². The fourth-order valence-electron chi connectivity index (χ4n) is 2.98. The molecule has 1 aromatic heterocycles. The minimum absolute atomic E-state index is 0.0131. The fraction of sp³-hybridized carbons (Fsp3) is 0.727. The minimum atomic E-state index is -5.72. The van der Waals surface area contributed by atoms with Crippen molar-refractivity contribution in [1.29, 1.82) is 0 Å². The molecule has 1 saturated heterocycles. The quantitative estimate of drug-likeness (QED) is 0.146. The van der Waals surface area contributed by atoms with Crippen molar-refractivity contribution in [2.75, 3.05) is 19.9 Å². The van der Waals surface area contributed by atoms with Gasteiger partial charge in [0.15, 0.2) is 18.0 Å². The number of aromatic nitrogens is 3. The van der Waals surface area contributed by atoms with Crippen molar-refractivity contribution in [3.05, 3.63) is 5.69 Å². The van der Waals surface area contributed by atoms with Crippen LogP contribution < -0.4 is 11.1 Å². The number of phosphoric ester groups is 1. The van der Waals surface area contributed by atoms with Crippen LogP contribution in [0, 0.1) is 5.92 Å². The van der Waals surface area contributed by atoms with E-state index in [1.54, 1.807) is 0 Å². The number of hydrogen-bond donors (Lipinski definition) is 8. The molecule has 23 heteroatoms. The average molecular weight is 554 g/mol. The molecule has 0 bridgehead atoms. The maximum absolute atomic E-state index is 11.9. The number of guanidine groups is 1. The molecule has 0 saturated carbocycles. The van der Waals surface area contributed by atoms with Gasteiger partial charge in [-0.25, -0.2) is 13.7 Å². The van der Waals surface area contributed by atoms with Crippen molar-refractivity contribution < 1.29 is 66.1 Å². The number of aliphatic imine (C=N–C) groups is 1. The topological polar surface area (TPSA) is 300 Å². The Hall–Kier alpha value is -1.34. The maximum atomic E-state index is 11.9. The Morgan fingerprint density at radius 1 is 1.18 bits per heavy atom. The molecule has 20 nitrogen and oxygen atoms in total. The van der Waals surface area contributed by atoms with Gasteiger partial charge in [-0.15, -0.1) is 5.10 Å².